The molecular formula is C32H47N5OSi. The lowest BCUT2D eigenvalue weighted by Crippen LogP contribution is -2.53. The first-order valence-corrected chi connectivity index (χ1v) is 17.7. The molecule has 1 N–H and O–H groups in total. The maximum absolute atomic E-state index is 9.41. The molecule has 7 heteroatoms. The van der Waals surface area contributed by atoms with Crippen LogP contribution in [0, 0.1) is 34.5 Å². The summed E-state index contributed by atoms with van der Waals surface area (Å²) in [6, 6.07) is 10.9. The molecule has 2 aromatic rings. The number of aromatic nitrogens is 2. The lowest BCUT2D eigenvalue weighted by atomic mass is 9.49. The number of fused-ring (bicyclic) bond motifs is 2. The molecule has 6 nitrogen and oxygen atoms in total. The van der Waals surface area contributed by atoms with E-state index < -0.39 is 8.32 Å². The van der Waals surface area contributed by atoms with Gasteiger partial charge in [0.2, 0.25) is 0 Å². The maximum atomic E-state index is 9.41. The lowest BCUT2D eigenvalue weighted by Gasteiger charge is -2.56. The molecule has 0 aliphatic heterocycles. The molecular weight excluding hydrogens is 498 g/mol. The van der Waals surface area contributed by atoms with Crippen molar-refractivity contribution in [1.29, 1.82) is 0 Å². The molecule has 1 aromatic heterocycles. The van der Waals surface area contributed by atoms with E-state index in [1.54, 1.807) is 0 Å². The van der Waals surface area contributed by atoms with Gasteiger partial charge in [-0.2, -0.15) is 5.10 Å². The molecule has 0 radical (unpaired) electrons. The highest BCUT2D eigenvalue weighted by molar-refractivity contribution is 6.74. The quantitative estimate of drug-likeness (QED) is 0.163. The van der Waals surface area contributed by atoms with Gasteiger partial charge in [0.1, 0.15) is 0 Å². The number of H-pyrrole nitrogens is 1. The molecule has 0 spiro atoms. The highest BCUT2D eigenvalue weighted by atomic mass is 28.4. The smallest absolute Gasteiger partial charge is 0.191 e. The molecule has 1 aromatic carbocycles. The first kappa shape index (κ1) is 28.2. The molecule has 6 atom stereocenters. The van der Waals surface area contributed by atoms with Gasteiger partial charge in [0.05, 0.1) is 6.20 Å². The van der Waals surface area contributed by atoms with Crippen LogP contribution in [-0.2, 0) is 17.3 Å². The zero-order valence-corrected chi connectivity index (χ0v) is 26.0. The van der Waals surface area contributed by atoms with E-state index in [1.807, 2.05) is 6.20 Å². The third-order valence-corrected chi connectivity index (χ3v) is 16.0. The van der Waals surface area contributed by atoms with Crippen LogP contribution in [0.5, 0.6) is 0 Å². The summed E-state index contributed by atoms with van der Waals surface area (Å²) in [4.78, 5) is 3.26. The van der Waals surface area contributed by atoms with Gasteiger partial charge in [0, 0.05) is 23.8 Å². The average molecular weight is 546 g/mol. The van der Waals surface area contributed by atoms with Crippen molar-refractivity contribution in [3.63, 3.8) is 0 Å². The van der Waals surface area contributed by atoms with Crippen molar-refractivity contribution in [2.24, 2.45) is 39.6 Å². The van der Waals surface area contributed by atoms with Crippen molar-refractivity contribution in [3.05, 3.63) is 69.9 Å². The van der Waals surface area contributed by atoms with E-state index in [9.17, 15) is 5.53 Å². The molecule has 0 unspecified atom stereocenters. The van der Waals surface area contributed by atoms with Gasteiger partial charge < -0.3 is 4.43 Å². The topological polar surface area (TPSA) is 86.7 Å². The number of aromatic amines is 1. The van der Waals surface area contributed by atoms with Gasteiger partial charge in [-0.25, -0.2) is 0 Å². The van der Waals surface area contributed by atoms with Crippen molar-refractivity contribution in [1.82, 2.24) is 10.2 Å². The van der Waals surface area contributed by atoms with Crippen LogP contribution in [0.1, 0.15) is 70.7 Å². The van der Waals surface area contributed by atoms with Crippen LogP contribution in [0.15, 0.2) is 47.7 Å². The molecule has 210 valence electrons. The monoisotopic (exact) mass is 545 g/mol. The molecule has 1 fully saturated rings. The third-order valence-electron chi connectivity index (χ3n) is 11.5. The molecule has 3 aliphatic carbocycles. The van der Waals surface area contributed by atoms with Crippen molar-refractivity contribution >= 4 is 13.9 Å². The Morgan fingerprint density at radius 2 is 1.92 bits per heavy atom. The predicted molar refractivity (Wildman–Crippen MR) is 162 cm³/mol. The Balaban J connectivity index is 1.49. The highest BCUT2D eigenvalue weighted by Crippen LogP contribution is 2.63. The molecule has 3 aliphatic rings. The van der Waals surface area contributed by atoms with Gasteiger partial charge in [-0.15, -0.1) is 0 Å². The number of hydrogen-bond acceptors (Lipinski definition) is 3. The highest BCUT2D eigenvalue weighted by Gasteiger charge is 2.57. The van der Waals surface area contributed by atoms with Crippen LogP contribution in [0.3, 0.4) is 0 Å². The number of azide groups is 1. The van der Waals surface area contributed by atoms with Crippen LogP contribution >= 0.6 is 0 Å². The van der Waals surface area contributed by atoms with Crippen molar-refractivity contribution in [2.75, 3.05) is 13.2 Å². The maximum Gasteiger partial charge on any atom is 0.191 e. The Kier molecular flexibility index (Phi) is 7.41. The second-order valence-electron chi connectivity index (χ2n) is 14.5. The van der Waals surface area contributed by atoms with Crippen LogP contribution in [-0.4, -0.2) is 31.7 Å². The zero-order valence-electron chi connectivity index (χ0n) is 25.0. The van der Waals surface area contributed by atoms with Crippen LogP contribution in [0.25, 0.3) is 16.0 Å². The minimum atomic E-state index is -1.90. The van der Waals surface area contributed by atoms with Crippen molar-refractivity contribution < 1.29 is 4.43 Å². The Labute approximate surface area is 235 Å². The molecule has 39 heavy (non-hydrogen) atoms. The largest absolute Gasteiger partial charge is 0.417 e. The molecule has 1 saturated carbocycles. The fourth-order valence-corrected chi connectivity index (χ4v) is 9.08. The number of allylic oxidation sites excluding steroid dienone is 2. The Bertz CT molecular complexity index is 1260. The Morgan fingerprint density at radius 3 is 2.62 bits per heavy atom. The van der Waals surface area contributed by atoms with Crippen LogP contribution in [0.2, 0.25) is 18.1 Å². The van der Waals surface area contributed by atoms with Gasteiger partial charge in [0.25, 0.3) is 0 Å². The number of rotatable bonds is 7. The second kappa shape index (κ2) is 10.2. The fraction of sp³-hybridized carbons (Fsp3) is 0.656. The minimum absolute atomic E-state index is 0.0473. The summed E-state index contributed by atoms with van der Waals surface area (Å²) in [5.74, 6) is 1.67. The SMILES string of the molecule is CC(C)(C)[Si](C)(C)OC[C@H]1Cc2[nH]ncc2C[C@]1(C)[C@H]1CC[C@]2(C)C(c3ccccc3)=CC[C@H]2[C@@H]1CN=[N+]=[N-]. The number of benzene rings is 1. The van der Waals surface area contributed by atoms with Gasteiger partial charge in [0.15, 0.2) is 8.32 Å². The first-order chi connectivity index (χ1) is 18.4. The second-order valence-corrected chi connectivity index (χ2v) is 19.3. The number of hydrogen-bond donors (Lipinski definition) is 1. The molecule has 0 bridgehead atoms. The van der Waals surface area contributed by atoms with Gasteiger partial charge in [-0.1, -0.05) is 76.1 Å². The van der Waals surface area contributed by atoms with E-state index in [1.165, 1.54) is 28.8 Å². The Hall–Kier alpha value is -2.34. The standard InChI is InChI=1S/C32H47N5OSi/c1-30(2,3)39(6,7)38-21-24-17-29-23(19-34-36-29)18-32(24,5)28-15-16-31(4)26(22-11-9-8-10-12-22)13-14-27(31)25(28)20-35-37-33/h8-13,19,24-25,27-28H,14-18,20-21H2,1-7H3,(H,34,36)/t24-,25+,27+,28+,31-,32+/m1/s1. The first-order valence-electron chi connectivity index (χ1n) is 14.8. The zero-order chi connectivity index (χ0) is 28.1. The number of nitrogens with one attached hydrogen (secondary N) is 1. The van der Waals surface area contributed by atoms with E-state index in [4.69, 9.17) is 4.43 Å². The summed E-state index contributed by atoms with van der Waals surface area (Å²) in [6.45, 7) is 18.0. The summed E-state index contributed by atoms with van der Waals surface area (Å²) in [7, 11) is -1.90. The molecule has 0 amide bonds. The summed E-state index contributed by atoms with van der Waals surface area (Å²) in [6.07, 6.45) is 9.87. The van der Waals surface area contributed by atoms with Crippen molar-refractivity contribution in [2.45, 2.75) is 84.9 Å². The summed E-state index contributed by atoms with van der Waals surface area (Å²) in [5.41, 5.74) is 15.0. The van der Waals surface area contributed by atoms with E-state index in [-0.39, 0.29) is 15.9 Å². The minimum Gasteiger partial charge on any atom is -0.417 e. The summed E-state index contributed by atoms with van der Waals surface area (Å²) in [5, 5.41) is 12.2. The average Bonchev–Trinajstić information content (AvgIpc) is 3.48. The fourth-order valence-electron chi connectivity index (χ4n) is 8.03. The van der Waals surface area contributed by atoms with Crippen LogP contribution in [0.4, 0.5) is 0 Å². The van der Waals surface area contributed by atoms with Gasteiger partial charge in [-0.3, -0.25) is 5.10 Å². The molecule has 1 heterocycles. The predicted octanol–water partition coefficient (Wildman–Crippen LogP) is 8.60. The normalized spacial score (nSPS) is 32.6. The molecule has 0 saturated heterocycles. The third kappa shape index (κ3) is 4.91. The van der Waals surface area contributed by atoms with E-state index >= 15 is 0 Å². The Morgan fingerprint density at radius 1 is 1.18 bits per heavy atom. The van der Waals surface area contributed by atoms with Crippen LogP contribution < -0.4 is 0 Å². The van der Waals surface area contributed by atoms with Crippen molar-refractivity contribution in [3.8, 4) is 0 Å². The van der Waals surface area contributed by atoms with Gasteiger partial charge >= 0.3 is 0 Å². The summed E-state index contributed by atoms with van der Waals surface area (Å²) < 4.78 is 6.92. The molecule has 5 rings (SSSR count). The van der Waals surface area contributed by atoms with Gasteiger partial charge in [-0.05, 0) is 107 Å². The summed E-state index contributed by atoms with van der Waals surface area (Å²) >= 11 is 0. The van der Waals surface area contributed by atoms with E-state index in [2.05, 4.69) is 104 Å². The van der Waals surface area contributed by atoms with E-state index in [0.717, 1.165) is 32.3 Å². The lowest BCUT2D eigenvalue weighted by molar-refractivity contribution is -0.0499. The van der Waals surface area contributed by atoms with E-state index in [0.29, 0.717) is 30.2 Å². The number of nitrogens with zero attached hydrogens (tertiary/aromatic N) is 4.